The summed E-state index contributed by atoms with van der Waals surface area (Å²) in [5.74, 6) is -0.794. The molecule has 0 aliphatic carbocycles. The van der Waals surface area contributed by atoms with Crippen LogP contribution in [0.5, 0.6) is 0 Å². The lowest BCUT2D eigenvalue weighted by Crippen LogP contribution is -2.51. The SMILES string of the molecule is Cc1ncsc1-c1ccc(C(C)NC(=O)[C@@H]2C[C@@H](O)CN2C(=O)C(N=[N+]=[N-])C(C)(C)C)cc1. The van der Waals surface area contributed by atoms with Gasteiger partial charge in [-0.1, -0.05) is 50.2 Å². The molecule has 1 aromatic heterocycles. The third-order valence-corrected chi connectivity index (χ3v) is 6.84. The number of carbonyl (C=O) groups excluding carboxylic acids is 2. The van der Waals surface area contributed by atoms with Crippen LogP contribution in [-0.2, 0) is 9.59 Å². The Balaban J connectivity index is 1.73. The first-order valence-electron chi connectivity index (χ1n) is 10.9. The van der Waals surface area contributed by atoms with E-state index < -0.39 is 29.5 Å². The second-order valence-electron chi connectivity index (χ2n) is 9.49. The number of aromatic nitrogens is 1. The number of amides is 2. The van der Waals surface area contributed by atoms with Crippen molar-refractivity contribution in [3.05, 3.63) is 51.5 Å². The Kier molecular flexibility index (Phi) is 7.41. The number of likely N-dealkylation sites (tertiary alicyclic amines) is 1. The molecule has 1 aromatic carbocycles. The molecule has 0 spiro atoms. The fraction of sp³-hybridized carbons (Fsp3) is 0.522. The lowest BCUT2D eigenvalue weighted by Gasteiger charge is -2.32. The number of thiazole rings is 1. The minimum absolute atomic E-state index is 0.0295. The molecule has 3 rings (SSSR count). The van der Waals surface area contributed by atoms with E-state index in [0.717, 1.165) is 21.7 Å². The number of aliphatic hydroxyl groups excluding tert-OH is 1. The predicted octanol–water partition coefficient (Wildman–Crippen LogP) is 3.98. The number of aryl methyl sites for hydroxylation is 1. The molecular weight excluding hydrogens is 440 g/mol. The Labute approximate surface area is 197 Å². The maximum atomic E-state index is 13.1. The summed E-state index contributed by atoms with van der Waals surface area (Å²) in [5, 5.41) is 16.8. The van der Waals surface area contributed by atoms with E-state index in [-0.39, 0.29) is 24.9 Å². The molecule has 1 aliphatic heterocycles. The number of azide groups is 1. The molecule has 0 radical (unpaired) electrons. The Morgan fingerprint density at radius 2 is 2.00 bits per heavy atom. The summed E-state index contributed by atoms with van der Waals surface area (Å²) in [6.07, 6.45) is -0.672. The predicted molar refractivity (Wildman–Crippen MR) is 127 cm³/mol. The summed E-state index contributed by atoms with van der Waals surface area (Å²) in [6, 6.07) is 5.84. The highest BCUT2D eigenvalue weighted by Gasteiger charge is 2.43. The largest absolute Gasteiger partial charge is 0.391 e. The zero-order valence-corrected chi connectivity index (χ0v) is 20.3. The smallest absolute Gasteiger partial charge is 0.243 e. The number of carbonyl (C=O) groups is 2. The molecule has 2 heterocycles. The van der Waals surface area contributed by atoms with Crippen LogP contribution in [0.25, 0.3) is 20.9 Å². The van der Waals surface area contributed by atoms with Crippen LogP contribution in [0.2, 0.25) is 0 Å². The van der Waals surface area contributed by atoms with Gasteiger partial charge in [-0.25, -0.2) is 4.98 Å². The third kappa shape index (κ3) is 5.52. The molecule has 0 saturated carbocycles. The van der Waals surface area contributed by atoms with Gasteiger partial charge in [-0.3, -0.25) is 9.59 Å². The normalized spacial score (nSPS) is 20.1. The Morgan fingerprint density at radius 3 is 2.55 bits per heavy atom. The van der Waals surface area contributed by atoms with Crippen molar-refractivity contribution in [3.8, 4) is 10.4 Å². The summed E-state index contributed by atoms with van der Waals surface area (Å²) >= 11 is 1.58. The van der Waals surface area contributed by atoms with Crippen molar-refractivity contribution in [2.45, 2.75) is 65.3 Å². The van der Waals surface area contributed by atoms with Gasteiger partial charge in [0.15, 0.2) is 0 Å². The standard InChI is InChI=1S/C23H30N6O3S/c1-13(15-6-8-16(9-7-15)19-14(2)25-12-33-19)26-21(31)18-10-17(30)11-29(18)22(32)20(27-28-24)23(3,4)5/h6-9,12-13,17-18,20,30H,10-11H2,1-5H3,(H,26,31)/t13?,17-,18+,20?/m1/s1. The van der Waals surface area contributed by atoms with Gasteiger partial charge in [0, 0.05) is 17.9 Å². The molecule has 0 bridgehead atoms. The second-order valence-corrected chi connectivity index (χ2v) is 10.3. The number of aliphatic hydroxyl groups is 1. The molecule has 33 heavy (non-hydrogen) atoms. The summed E-state index contributed by atoms with van der Waals surface area (Å²) < 4.78 is 0. The van der Waals surface area contributed by atoms with Gasteiger partial charge < -0.3 is 15.3 Å². The fourth-order valence-electron chi connectivity index (χ4n) is 4.00. The maximum Gasteiger partial charge on any atom is 0.243 e. The zero-order valence-electron chi connectivity index (χ0n) is 19.5. The highest BCUT2D eigenvalue weighted by atomic mass is 32.1. The first kappa shape index (κ1) is 24.7. The van der Waals surface area contributed by atoms with Crippen LogP contribution in [0.1, 0.15) is 51.4 Å². The van der Waals surface area contributed by atoms with Gasteiger partial charge in [-0.05, 0) is 35.9 Å². The molecule has 176 valence electrons. The number of nitrogens with one attached hydrogen (secondary N) is 1. The summed E-state index contributed by atoms with van der Waals surface area (Å²) in [6.45, 7) is 9.27. The quantitative estimate of drug-likeness (QED) is 0.375. The van der Waals surface area contributed by atoms with E-state index in [0.29, 0.717) is 0 Å². The van der Waals surface area contributed by atoms with E-state index in [1.54, 1.807) is 32.1 Å². The first-order chi connectivity index (χ1) is 15.5. The summed E-state index contributed by atoms with van der Waals surface area (Å²) in [4.78, 5) is 35.8. The molecule has 1 aliphatic rings. The van der Waals surface area contributed by atoms with E-state index in [2.05, 4.69) is 20.3 Å². The number of nitrogens with zero attached hydrogens (tertiary/aromatic N) is 5. The van der Waals surface area contributed by atoms with Gasteiger partial charge in [-0.2, -0.15) is 0 Å². The van der Waals surface area contributed by atoms with Crippen LogP contribution in [0, 0.1) is 12.3 Å². The van der Waals surface area contributed by atoms with Gasteiger partial charge >= 0.3 is 0 Å². The van der Waals surface area contributed by atoms with Crippen molar-refractivity contribution in [1.29, 1.82) is 0 Å². The van der Waals surface area contributed by atoms with Gasteiger partial charge in [0.2, 0.25) is 11.8 Å². The minimum Gasteiger partial charge on any atom is -0.391 e. The van der Waals surface area contributed by atoms with E-state index in [9.17, 15) is 14.7 Å². The average Bonchev–Trinajstić information content (AvgIpc) is 3.36. The fourth-order valence-corrected chi connectivity index (χ4v) is 4.81. The highest BCUT2D eigenvalue weighted by molar-refractivity contribution is 7.13. The van der Waals surface area contributed by atoms with E-state index in [1.165, 1.54) is 4.90 Å². The Hall–Kier alpha value is -2.94. The van der Waals surface area contributed by atoms with Crippen LogP contribution in [0.15, 0.2) is 34.9 Å². The molecule has 2 aromatic rings. The van der Waals surface area contributed by atoms with Crippen LogP contribution in [0.4, 0.5) is 0 Å². The highest BCUT2D eigenvalue weighted by Crippen LogP contribution is 2.30. The molecule has 2 N–H and O–H groups in total. The molecule has 1 fully saturated rings. The van der Waals surface area contributed by atoms with Gasteiger partial charge in [0.25, 0.3) is 0 Å². The monoisotopic (exact) mass is 470 g/mol. The average molecular weight is 471 g/mol. The summed E-state index contributed by atoms with van der Waals surface area (Å²) in [7, 11) is 0. The third-order valence-electron chi connectivity index (χ3n) is 5.86. The molecule has 1 saturated heterocycles. The Bertz CT molecular complexity index is 1050. The number of β-amino-alcohol motifs (C(OH)–C–C–N with tert-alkyl or cyclic N) is 1. The van der Waals surface area contributed by atoms with Crippen molar-refractivity contribution in [1.82, 2.24) is 15.2 Å². The van der Waals surface area contributed by atoms with Crippen LogP contribution in [0.3, 0.4) is 0 Å². The van der Waals surface area contributed by atoms with Crippen molar-refractivity contribution >= 4 is 23.2 Å². The number of rotatable bonds is 6. The molecular formula is C23H30N6O3S. The topological polar surface area (TPSA) is 131 Å². The summed E-state index contributed by atoms with van der Waals surface area (Å²) in [5.41, 5.74) is 13.1. The second kappa shape index (κ2) is 9.91. The van der Waals surface area contributed by atoms with Crippen molar-refractivity contribution in [3.63, 3.8) is 0 Å². The molecule has 2 unspecified atom stereocenters. The van der Waals surface area contributed by atoms with Gasteiger partial charge in [0.1, 0.15) is 12.1 Å². The number of hydrogen-bond donors (Lipinski definition) is 2. The molecule has 4 atom stereocenters. The molecule has 9 nitrogen and oxygen atoms in total. The van der Waals surface area contributed by atoms with E-state index >= 15 is 0 Å². The van der Waals surface area contributed by atoms with Crippen LogP contribution in [-0.4, -0.2) is 51.5 Å². The molecule has 2 amide bonds. The van der Waals surface area contributed by atoms with Crippen molar-refractivity contribution in [2.75, 3.05) is 6.54 Å². The van der Waals surface area contributed by atoms with E-state index in [1.807, 2.05) is 43.6 Å². The van der Waals surface area contributed by atoms with Crippen LogP contribution < -0.4 is 5.32 Å². The number of hydrogen-bond acceptors (Lipinski definition) is 6. The van der Waals surface area contributed by atoms with E-state index in [4.69, 9.17) is 5.53 Å². The van der Waals surface area contributed by atoms with Gasteiger partial charge in [-0.15, -0.1) is 11.3 Å². The van der Waals surface area contributed by atoms with Crippen molar-refractivity contribution < 1.29 is 14.7 Å². The van der Waals surface area contributed by atoms with Gasteiger partial charge in [0.05, 0.1) is 28.2 Å². The maximum absolute atomic E-state index is 13.1. The number of benzene rings is 1. The lowest BCUT2D eigenvalue weighted by molar-refractivity contribution is -0.141. The van der Waals surface area contributed by atoms with Crippen molar-refractivity contribution in [2.24, 2.45) is 10.5 Å². The lowest BCUT2D eigenvalue weighted by atomic mass is 9.86. The first-order valence-corrected chi connectivity index (χ1v) is 11.7. The Morgan fingerprint density at radius 1 is 1.33 bits per heavy atom. The minimum atomic E-state index is -0.969. The van der Waals surface area contributed by atoms with Crippen LogP contribution >= 0.6 is 11.3 Å². The zero-order chi connectivity index (χ0) is 24.3. The molecule has 10 heteroatoms.